The minimum absolute atomic E-state index is 0.284. The number of alkyl halides is 3. The molecule has 1 unspecified atom stereocenters. The number of rotatable bonds is 3. The molecule has 0 heterocycles. The summed E-state index contributed by atoms with van der Waals surface area (Å²) < 4.78 is 41.7. The number of hydrogen-bond donors (Lipinski definition) is 1. The molecular weight excluding hydrogens is 347 g/mol. The molecule has 2 nitrogen and oxygen atoms in total. The van der Waals surface area contributed by atoms with Gasteiger partial charge in [0.05, 0.1) is 5.54 Å². The lowest BCUT2D eigenvalue weighted by Gasteiger charge is -2.26. The Kier molecular flexibility index (Phi) is 4.30. The highest BCUT2D eigenvalue weighted by Crippen LogP contribution is 2.31. The third-order valence-corrected chi connectivity index (χ3v) is 3.64. The standard InChI is InChI=1S/C15H13BrF3NO/c1-14(20,10-5-7-12(16)8-6-10)11-3-2-4-13(9-11)21-15(17,18)19/h2-9H,20H2,1H3. The summed E-state index contributed by atoms with van der Waals surface area (Å²) in [5.74, 6) is -0.284. The van der Waals surface area contributed by atoms with Crippen molar-refractivity contribution < 1.29 is 17.9 Å². The summed E-state index contributed by atoms with van der Waals surface area (Å²) in [6.45, 7) is 1.74. The average molecular weight is 360 g/mol. The summed E-state index contributed by atoms with van der Waals surface area (Å²) in [6, 6.07) is 13.0. The lowest BCUT2D eigenvalue weighted by Crippen LogP contribution is -2.34. The lowest BCUT2D eigenvalue weighted by molar-refractivity contribution is -0.274. The molecule has 0 radical (unpaired) electrons. The van der Waals surface area contributed by atoms with E-state index >= 15 is 0 Å². The Balaban J connectivity index is 2.36. The molecule has 1 atom stereocenters. The van der Waals surface area contributed by atoms with E-state index in [1.54, 1.807) is 13.0 Å². The van der Waals surface area contributed by atoms with Gasteiger partial charge in [0.25, 0.3) is 0 Å². The summed E-state index contributed by atoms with van der Waals surface area (Å²) in [4.78, 5) is 0. The van der Waals surface area contributed by atoms with Gasteiger partial charge in [0.2, 0.25) is 0 Å². The topological polar surface area (TPSA) is 35.2 Å². The van der Waals surface area contributed by atoms with Crippen LogP contribution in [0.5, 0.6) is 5.75 Å². The Morgan fingerprint density at radius 1 is 1.00 bits per heavy atom. The quantitative estimate of drug-likeness (QED) is 0.870. The van der Waals surface area contributed by atoms with E-state index in [0.29, 0.717) is 5.56 Å². The fourth-order valence-electron chi connectivity index (χ4n) is 1.98. The molecular formula is C15H13BrF3NO. The second kappa shape index (κ2) is 5.69. The van der Waals surface area contributed by atoms with E-state index in [2.05, 4.69) is 20.7 Å². The van der Waals surface area contributed by atoms with Gasteiger partial charge in [-0.15, -0.1) is 13.2 Å². The molecule has 21 heavy (non-hydrogen) atoms. The van der Waals surface area contributed by atoms with Crippen LogP contribution in [0, 0.1) is 0 Å². The molecule has 112 valence electrons. The third kappa shape index (κ3) is 3.98. The van der Waals surface area contributed by atoms with Gasteiger partial charge in [0.15, 0.2) is 0 Å². The first kappa shape index (κ1) is 15.9. The van der Waals surface area contributed by atoms with Crippen molar-refractivity contribution in [2.45, 2.75) is 18.8 Å². The highest BCUT2D eigenvalue weighted by Gasteiger charge is 2.32. The largest absolute Gasteiger partial charge is 0.573 e. The fraction of sp³-hybridized carbons (Fsp3) is 0.200. The second-order valence-electron chi connectivity index (χ2n) is 4.78. The molecule has 0 aliphatic heterocycles. The minimum atomic E-state index is -4.72. The van der Waals surface area contributed by atoms with E-state index in [1.807, 2.05) is 24.3 Å². The maximum Gasteiger partial charge on any atom is 0.573 e. The zero-order chi connectivity index (χ0) is 15.7. The molecule has 6 heteroatoms. The molecule has 0 aliphatic carbocycles. The molecule has 2 rings (SSSR count). The first-order valence-corrected chi connectivity index (χ1v) is 6.89. The van der Waals surface area contributed by atoms with Crippen molar-refractivity contribution in [2.75, 3.05) is 0 Å². The second-order valence-corrected chi connectivity index (χ2v) is 5.70. The Hall–Kier alpha value is -1.53. The van der Waals surface area contributed by atoms with Gasteiger partial charge in [-0.05, 0) is 42.3 Å². The minimum Gasteiger partial charge on any atom is -0.406 e. The van der Waals surface area contributed by atoms with Crippen molar-refractivity contribution in [2.24, 2.45) is 5.73 Å². The predicted octanol–water partition coefficient (Wildman–Crippen LogP) is 4.57. The van der Waals surface area contributed by atoms with Crippen LogP contribution in [-0.4, -0.2) is 6.36 Å². The zero-order valence-electron chi connectivity index (χ0n) is 11.1. The van der Waals surface area contributed by atoms with Crippen LogP contribution in [-0.2, 0) is 5.54 Å². The maximum atomic E-state index is 12.3. The van der Waals surface area contributed by atoms with Crippen LogP contribution in [0.2, 0.25) is 0 Å². The van der Waals surface area contributed by atoms with Gasteiger partial charge in [0.1, 0.15) is 5.75 Å². The first-order chi connectivity index (χ1) is 9.68. The summed E-state index contributed by atoms with van der Waals surface area (Å²) in [6.07, 6.45) is -4.72. The van der Waals surface area contributed by atoms with Crippen molar-refractivity contribution in [3.63, 3.8) is 0 Å². The van der Waals surface area contributed by atoms with Gasteiger partial charge in [-0.1, -0.05) is 40.2 Å². The van der Waals surface area contributed by atoms with Crippen LogP contribution in [0.4, 0.5) is 13.2 Å². The van der Waals surface area contributed by atoms with E-state index in [-0.39, 0.29) is 5.75 Å². The molecule has 2 aromatic rings. The number of ether oxygens (including phenoxy) is 1. The van der Waals surface area contributed by atoms with Crippen LogP contribution < -0.4 is 10.5 Å². The van der Waals surface area contributed by atoms with Crippen molar-refractivity contribution >= 4 is 15.9 Å². The molecule has 0 aliphatic rings. The Morgan fingerprint density at radius 2 is 1.62 bits per heavy atom. The van der Waals surface area contributed by atoms with E-state index in [4.69, 9.17) is 5.73 Å². The zero-order valence-corrected chi connectivity index (χ0v) is 12.7. The Labute approximate surface area is 128 Å². The van der Waals surface area contributed by atoms with Crippen LogP contribution >= 0.6 is 15.9 Å². The molecule has 0 saturated heterocycles. The van der Waals surface area contributed by atoms with Crippen molar-refractivity contribution in [3.05, 3.63) is 64.1 Å². The maximum absolute atomic E-state index is 12.3. The highest BCUT2D eigenvalue weighted by atomic mass is 79.9. The normalized spacial score (nSPS) is 14.6. The predicted molar refractivity (Wildman–Crippen MR) is 77.9 cm³/mol. The van der Waals surface area contributed by atoms with Gasteiger partial charge < -0.3 is 10.5 Å². The number of halogens is 4. The van der Waals surface area contributed by atoms with Gasteiger partial charge in [-0.2, -0.15) is 0 Å². The summed E-state index contributed by atoms with van der Waals surface area (Å²) in [5, 5.41) is 0. The molecule has 0 saturated carbocycles. The number of hydrogen-bond acceptors (Lipinski definition) is 2. The van der Waals surface area contributed by atoms with Crippen LogP contribution in [0.25, 0.3) is 0 Å². The molecule has 2 aromatic carbocycles. The van der Waals surface area contributed by atoms with Crippen LogP contribution in [0.3, 0.4) is 0 Å². The van der Waals surface area contributed by atoms with Gasteiger partial charge in [-0.25, -0.2) is 0 Å². The summed E-state index contributed by atoms with van der Waals surface area (Å²) >= 11 is 3.33. The first-order valence-electron chi connectivity index (χ1n) is 6.10. The number of benzene rings is 2. The molecule has 2 N–H and O–H groups in total. The van der Waals surface area contributed by atoms with E-state index in [1.165, 1.54) is 18.2 Å². The van der Waals surface area contributed by atoms with Crippen molar-refractivity contribution in [3.8, 4) is 5.75 Å². The van der Waals surface area contributed by atoms with Gasteiger partial charge >= 0.3 is 6.36 Å². The van der Waals surface area contributed by atoms with E-state index < -0.39 is 11.9 Å². The summed E-state index contributed by atoms with van der Waals surface area (Å²) in [7, 11) is 0. The van der Waals surface area contributed by atoms with Gasteiger partial charge in [0, 0.05) is 4.47 Å². The SMILES string of the molecule is CC(N)(c1ccc(Br)cc1)c1cccc(OC(F)(F)F)c1. The lowest BCUT2D eigenvalue weighted by atomic mass is 9.86. The van der Waals surface area contributed by atoms with E-state index in [0.717, 1.165) is 10.0 Å². The Morgan fingerprint density at radius 3 is 2.19 bits per heavy atom. The number of nitrogens with two attached hydrogens (primary N) is 1. The average Bonchev–Trinajstić information content (AvgIpc) is 2.37. The fourth-order valence-corrected chi connectivity index (χ4v) is 2.24. The van der Waals surface area contributed by atoms with Gasteiger partial charge in [-0.3, -0.25) is 0 Å². The Bertz CT molecular complexity index is 624. The van der Waals surface area contributed by atoms with Crippen molar-refractivity contribution in [1.82, 2.24) is 0 Å². The smallest absolute Gasteiger partial charge is 0.406 e. The molecule has 0 spiro atoms. The molecule has 0 fully saturated rings. The highest BCUT2D eigenvalue weighted by molar-refractivity contribution is 9.10. The van der Waals surface area contributed by atoms with Crippen LogP contribution in [0.1, 0.15) is 18.1 Å². The molecule has 0 aromatic heterocycles. The van der Waals surface area contributed by atoms with E-state index in [9.17, 15) is 13.2 Å². The third-order valence-electron chi connectivity index (χ3n) is 3.11. The molecule has 0 amide bonds. The molecule has 0 bridgehead atoms. The van der Waals surface area contributed by atoms with Crippen molar-refractivity contribution in [1.29, 1.82) is 0 Å². The van der Waals surface area contributed by atoms with Crippen LogP contribution in [0.15, 0.2) is 53.0 Å². The monoisotopic (exact) mass is 359 g/mol. The summed E-state index contributed by atoms with van der Waals surface area (Å²) in [5.41, 5.74) is 6.69.